The lowest BCUT2D eigenvalue weighted by Gasteiger charge is -2.34. The Morgan fingerprint density at radius 2 is 2.13 bits per heavy atom. The Labute approximate surface area is 89.7 Å². The molecule has 1 aromatic heterocycles. The molecule has 2 bridgehead atoms. The van der Waals surface area contributed by atoms with Crippen molar-refractivity contribution in [3.8, 4) is 0 Å². The van der Waals surface area contributed by atoms with Crippen molar-refractivity contribution in [2.24, 2.45) is 0 Å². The fourth-order valence-corrected chi connectivity index (χ4v) is 2.73. The maximum Gasteiger partial charge on any atom is 0.115 e. The highest BCUT2D eigenvalue weighted by Gasteiger charge is 2.36. The number of aromatic nitrogens is 2. The third kappa shape index (κ3) is 1.75. The zero-order valence-corrected chi connectivity index (χ0v) is 8.76. The monoisotopic (exact) mass is 204 g/mol. The minimum atomic E-state index is 0.721. The topological polar surface area (TPSA) is 41.0 Å². The van der Waals surface area contributed by atoms with Gasteiger partial charge < -0.3 is 5.32 Å². The average Bonchev–Trinajstić information content (AvgIpc) is 2.53. The molecule has 2 fully saturated rings. The lowest BCUT2D eigenvalue weighted by Crippen LogP contribution is -2.51. The van der Waals surface area contributed by atoms with Crippen LogP contribution in [0.4, 0.5) is 0 Å². The number of nitrogens with one attached hydrogen (secondary N) is 1. The minimum Gasteiger partial charge on any atom is -0.314 e. The first-order chi connectivity index (χ1) is 7.43. The van der Waals surface area contributed by atoms with Gasteiger partial charge in [-0.25, -0.2) is 9.97 Å². The Morgan fingerprint density at radius 3 is 2.80 bits per heavy atom. The molecule has 0 aliphatic carbocycles. The number of rotatable bonds is 2. The Balaban J connectivity index is 1.73. The Kier molecular flexibility index (Phi) is 2.38. The molecule has 0 radical (unpaired) electrons. The van der Waals surface area contributed by atoms with E-state index in [1.165, 1.54) is 12.8 Å². The van der Waals surface area contributed by atoms with Crippen molar-refractivity contribution >= 4 is 0 Å². The quantitative estimate of drug-likeness (QED) is 0.757. The van der Waals surface area contributed by atoms with E-state index in [9.17, 15) is 0 Å². The second-order valence-electron chi connectivity index (χ2n) is 4.42. The summed E-state index contributed by atoms with van der Waals surface area (Å²) in [6.45, 7) is 3.27. The normalized spacial score (nSPS) is 30.7. The van der Waals surface area contributed by atoms with Gasteiger partial charge >= 0.3 is 0 Å². The molecular formula is C11H16N4. The van der Waals surface area contributed by atoms with E-state index in [0.717, 1.165) is 37.4 Å². The predicted molar refractivity (Wildman–Crippen MR) is 57.3 cm³/mol. The molecule has 0 amide bonds. The molecule has 2 aliphatic rings. The minimum absolute atomic E-state index is 0.721. The van der Waals surface area contributed by atoms with Crippen molar-refractivity contribution in [1.29, 1.82) is 0 Å². The maximum absolute atomic E-state index is 4.30. The first kappa shape index (κ1) is 9.24. The van der Waals surface area contributed by atoms with Gasteiger partial charge in [-0.05, 0) is 18.9 Å². The Hall–Kier alpha value is -1.00. The van der Waals surface area contributed by atoms with E-state index in [-0.39, 0.29) is 0 Å². The summed E-state index contributed by atoms with van der Waals surface area (Å²) in [6, 6.07) is 3.46. The molecule has 2 atom stereocenters. The van der Waals surface area contributed by atoms with Crippen molar-refractivity contribution in [1.82, 2.24) is 20.2 Å². The van der Waals surface area contributed by atoms with Gasteiger partial charge in [0.05, 0.1) is 5.69 Å². The summed E-state index contributed by atoms with van der Waals surface area (Å²) in [4.78, 5) is 10.8. The number of hydrogen-bond acceptors (Lipinski definition) is 4. The summed E-state index contributed by atoms with van der Waals surface area (Å²) >= 11 is 0. The Bertz CT molecular complexity index is 311. The van der Waals surface area contributed by atoms with Crippen LogP contribution in [0.3, 0.4) is 0 Å². The van der Waals surface area contributed by atoms with Crippen LogP contribution in [0.2, 0.25) is 0 Å². The van der Waals surface area contributed by atoms with Gasteiger partial charge in [0.2, 0.25) is 0 Å². The van der Waals surface area contributed by atoms with Crippen LogP contribution in [0.5, 0.6) is 0 Å². The molecular weight excluding hydrogens is 188 g/mol. The fourth-order valence-electron chi connectivity index (χ4n) is 2.73. The molecule has 15 heavy (non-hydrogen) atoms. The van der Waals surface area contributed by atoms with Crippen LogP contribution in [0.1, 0.15) is 18.5 Å². The summed E-state index contributed by atoms with van der Waals surface area (Å²) in [5.41, 5.74) is 1.14. The molecule has 3 heterocycles. The highest BCUT2D eigenvalue weighted by molar-refractivity contribution is 5.02. The van der Waals surface area contributed by atoms with E-state index in [1.807, 2.05) is 12.3 Å². The van der Waals surface area contributed by atoms with E-state index >= 15 is 0 Å². The third-order valence-electron chi connectivity index (χ3n) is 3.52. The molecule has 2 unspecified atom stereocenters. The third-order valence-corrected chi connectivity index (χ3v) is 3.52. The predicted octanol–water partition coefficient (Wildman–Crippen LogP) is 0.413. The highest BCUT2D eigenvalue weighted by atomic mass is 15.3. The van der Waals surface area contributed by atoms with E-state index < -0.39 is 0 Å². The van der Waals surface area contributed by atoms with Crippen molar-refractivity contribution in [2.75, 3.05) is 13.1 Å². The van der Waals surface area contributed by atoms with Gasteiger partial charge in [-0.15, -0.1) is 0 Å². The molecule has 3 rings (SSSR count). The van der Waals surface area contributed by atoms with Gasteiger partial charge in [0, 0.05) is 37.9 Å². The van der Waals surface area contributed by atoms with E-state index in [1.54, 1.807) is 6.33 Å². The standard InChI is InChI=1S/C11H16N4/c1-2-11-6-13-5-10(1)15(11)7-9-3-4-12-8-14-9/h3-4,8,10-11,13H,1-2,5-7H2. The molecule has 2 aliphatic heterocycles. The molecule has 0 aromatic carbocycles. The zero-order chi connectivity index (χ0) is 10.1. The number of nitrogens with zero attached hydrogens (tertiary/aromatic N) is 3. The molecule has 80 valence electrons. The van der Waals surface area contributed by atoms with Gasteiger partial charge in [0.25, 0.3) is 0 Å². The van der Waals surface area contributed by atoms with Gasteiger partial charge in [0.15, 0.2) is 0 Å². The molecule has 4 nitrogen and oxygen atoms in total. The summed E-state index contributed by atoms with van der Waals surface area (Å²) in [5.74, 6) is 0. The average molecular weight is 204 g/mol. The summed E-state index contributed by atoms with van der Waals surface area (Å²) in [5, 5.41) is 3.49. The molecule has 0 spiro atoms. The van der Waals surface area contributed by atoms with Gasteiger partial charge in [0.1, 0.15) is 6.33 Å². The number of hydrogen-bond donors (Lipinski definition) is 1. The van der Waals surface area contributed by atoms with Crippen molar-refractivity contribution < 1.29 is 0 Å². The molecule has 1 N–H and O–H groups in total. The second-order valence-corrected chi connectivity index (χ2v) is 4.42. The molecule has 0 saturated carbocycles. The van der Waals surface area contributed by atoms with Crippen LogP contribution >= 0.6 is 0 Å². The molecule has 1 aromatic rings. The summed E-state index contributed by atoms with van der Waals surface area (Å²) in [7, 11) is 0. The highest BCUT2D eigenvalue weighted by Crippen LogP contribution is 2.27. The lowest BCUT2D eigenvalue weighted by atomic mass is 10.2. The second kappa shape index (κ2) is 3.87. The largest absolute Gasteiger partial charge is 0.314 e. The first-order valence-electron chi connectivity index (χ1n) is 5.65. The SMILES string of the molecule is c1cc(CN2C3CCC2CNC3)ncn1. The molecule has 4 heteroatoms. The lowest BCUT2D eigenvalue weighted by molar-refractivity contribution is 0.143. The number of fused-ring (bicyclic) bond motifs is 2. The zero-order valence-electron chi connectivity index (χ0n) is 8.76. The van der Waals surface area contributed by atoms with E-state index in [0.29, 0.717) is 0 Å². The van der Waals surface area contributed by atoms with Crippen LogP contribution in [0.15, 0.2) is 18.6 Å². The van der Waals surface area contributed by atoms with Crippen molar-refractivity contribution in [3.63, 3.8) is 0 Å². The summed E-state index contributed by atoms with van der Waals surface area (Å²) in [6.07, 6.45) is 6.14. The van der Waals surface area contributed by atoms with Crippen molar-refractivity contribution in [3.05, 3.63) is 24.3 Å². The number of piperazine rings is 1. The van der Waals surface area contributed by atoms with E-state index in [4.69, 9.17) is 0 Å². The van der Waals surface area contributed by atoms with E-state index in [2.05, 4.69) is 20.2 Å². The van der Waals surface area contributed by atoms with Crippen LogP contribution in [0.25, 0.3) is 0 Å². The van der Waals surface area contributed by atoms with Crippen LogP contribution < -0.4 is 5.32 Å². The van der Waals surface area contributed by atoms with Crippen molar-refractivity contribution in [2.45, 2.75) is 31.5 Å². The van der Waals surface area contributed by atoms with Gasteiger partial charge in [-0.1, -0.05) is 0 Å². The van der Waals surface area contributed by atoms with Crippen LogP contribution in [-0.4, -0.2) is 40.0 Å². The fraction of sp³-hybridized carbons (Fsp3) is 0.636. The smallest absolute Gasteiger partial charge is 0.115 e. The Morgan fingerprint density at radius 1 is 1.33 bits per heavy atom. The first-order valence-corrected chi connectivity index (χ1v) is 5.65. The van der Waals surface area contributed by atoms with Gasteiger partial charge in [-0.2, -0.15) is 0 Å². The van der Waals surface area contributed by atoms with Crippen LogP contribution in [0, 0.1) is 0 Å². The van der Waals surface area contributed by atoms with Gasteiger partial charge in [-0.3, -0.25) is 4.90 Å². The summed E-state index contributed by atoms with van der Waals surface area (Å²) < 4.78 is 0. The molecule has 2 saturated heterocycles. The maximum atomic E-state index is 4.30. The van der Waals surface area contributed by atoms with Crippen LogP contribution in [-0.2, 0) is 6.54 Å².